The zero-order valence-electron chi connectivity index (χ0n) is 16.9. The van der Waals surface area contributed by atoms with Gasteiger partial charge in [0, 0.05) is 19.0 Å². The van der Waals surface area contributed by atoms with Crippen LogP contribution in [0.2, 0.25) is 0 Å². The van der Waals surface area contributed by atoms with Gasteiger partial charge in [-0.05, 0) is 37.1 Å². The number of hydrogen-bond acceptors (Lipinski definition) is 5. The van der Waals surface area contributed by atoms with Gasteiger partial charge in [0.2, 0.25) is 0 Å². The van der Waals surface area contributed by atoms with E-state index in [1.807, 2.05) is 0 Å². The van der Waals surface area contributed by atoms with Crippen LogP contribution in [0.4, 0.5) is 8.78 Å². The number of aryl methyl sites for hydroxylation is 1. The highest BCUT2D eigenvalue weighted by Crippen LogP contribution is 2.25. The normalized spacial score (nSPS) is 12.0. The van der Waals surface area contributed by atoms with E-state index in [0.717, 1.165) is 12.1 Å². The fraction of sp³-hybridized carbons (Fsp3) is 0.318. The van der Waals surface area contributed by atoms with Crippen LogP contribution in [0.25, 0.3) is 5.65 Å². The Morgan fingerprint density at radius 2 is 1.83 bits per heavy atom. The molecule has 0 bridgehead atoms. The lowest BCUT2D eigenvalue weighted by Gasteiger charge is -2.11. The number of Topliss-reactive ketones (excluding diaryl/α,β-unsaturated/α-hetero) is 1. The number of aromatic nitrogens is 2. The fourth-order valence-corrected chi connectivity index (χ4v) is 3.28. The number of nitrogens with zero attached hydrogens (tertiary/aromatic N) is 2. The molecule has 0 saturated carbocycles. The second-order valence-electron chi connectivity index (χ2n) is 7.11. The maximum Gasteiger partial charge on any atom is 0.305 e. The topological polar surface area (TPSA) is 69.9 Å². The second kappa shape index (κ2) is 9.02. The van der Waals surface area contributed by atoms with Crippen molar-refractivity contribution in [1.82, 2.24) is 9.38 Å². The van der Waals surface area contributed by atoms with E-state index in [2.05, 4.69) is 9.72 Å². The lowest BCUT2D eigenvalue weighted by molar-refractivity contribution is -0.141. The largest absolute Gasteiger partial charge is 0.485 e. The van der Waals surface area contributed by atoms with E-state index in [1.165, 1.54) is 13.2 Å². The number of imidazole rings is 1. The van der Waals surface area contributed by atoms with Crippen molar-refractivity contribution < 1.29 is 27.8 Å². The standard InChI is InChI=1S/C22H22F2N2O4/c1-13(11-20(28)29-3)10-18(27)21-14(2)25-22-19(8-5-9-26(21)22)30-12-15-16(23)6-4-7-17(15)24/h4-9,13H,10-12H2,1-3H3. The molecular weight excluding hydrogens is 394 g/mol. The number of esters is 1. The fourth-order valence-electron chi connectivity index (χ4n) is 3.28. The van der Waals surface area contributed by atoms with Crippen LogP contribution in [0.15, 0.2) is 36.5 Å². The third-order valence-corrected chi connectivity index (χ3v) is 4.76. The summed E-state index contributed by atoms with van der Waals surface area (Å²) in [5.41, 5.74) is 1.06. The summed E-state index contributed by atoms with van der Waals surface area (Å²) in [6.45, 7) is 3.18. The third-order valence-electron chi connectivity index (χ3n) is 4.76. The molecular formula is C22H22F2N2O4. The molecule has 0 spiro atoms. The van der Waals surface area contributed by atoms with Crippen LogP contribution in [0.3, 0.4) is 0 Å². The third kappa shape index (κ3) is 4.48. The van der Waals surface area contributed by atoms with Gasteiger partial charge in [0.25, 0.3) is 0 Å². The van der Waals surface area contributed by atoms with Gasteiger partial charge in [0.05, 0.1) is 18.4 Å². The van der Waals surface area contributed by atoms with Crippen LogP contribution in [0.1, 0.15) is 41.5 Å². The van der Waals surface area contributed by atoms with Crippen molar-refractivity contribution in [2.24, 2.45) is 5.92 Å². The average molecular weight is 416 g/mol. The smallest absolute Gasteiger partial charge is 0.305 e. The summed E-state index contributed by atoms with van der Waals surface area (Å²) in [6, 6.07) is 6.89. The number of carbonyl (C=O) groups excluding carboxylic acids is 2. The van der Waals surface area contributed by atoms with Gasteiger partial charge in [-0.3, -0.25) is 14.0 Å². The maximum absolute atomic E-state index is 13.9. The summed E-state index contributed by atoms with van der Waals surface area (Å²) in [5, 5.41) is 0. The number of halogens is 2. The van der Waals surface area contributed by atoms with Gasteiger partial charge >= 0.3 is 5.97 Å². The zero-order valence-corrected chi connectivity index (χ0v) is 16.9. The molecule has 0 amide bonds. The van der Waals surface area contributed by atoms with Crippen LogP contribution in [0, 0.1) is 24.5 Å². The summed E-state index contributed by atoms with van der Waals surface area (Å²) in [4.78, 5) is 28.7. The van der Waals surface area contributed by atoms with E-state index in [0.29, 0.717) is 22.8 Å². The van der Waals surface area contributed by atoms with Gasteiger partial charge in [0.1, 0.15) is 23.9 Å². The number of ether oxygens (including phenoxy) is 2. The maximum atomic E-state index is 13.9. The lowest BCUT2D eigenvalue weighted by atomic mass is 9.99. The van der Waals surface area contributed by atoms with Crippen molar-refractivity contribution in [3.63, 3.8) is 0 Å². The minimum atomic E-state index is -0.697. The molecule has 0 aliphatic rings. The van der Waals surface area contributed by atoms with Gasteiger partial charge in [-0.25, -0.2) is 13.8 Å². The van der Waals surface area contributed by atoms with E-state index >= 15 is 0 Å². The SMILES string of the molecule is COC(=O)CC(C)CC(=O)c1c(C)nc2c(OCc3c(F)cccc3F)cccn12. The number of hydrogen-bond donors (Lipinski definition) is 0. The first kappa shape index (κ1) is 21.4. The Balaban J connectivity index is 1.85. The predicted molar refractivity (Wildman–Crippen MR) is 105 cm³/mol. The average Bonchev–Trinajstić information content (AvgIpc) is 3.03. The molecule has 0 saturated heterocycles. The summed E-state index contributed by atoms with van der Waals surface area (Å²) in [6.07, 6.45) is 1.96. The zero-order chi connectivity index (χ0) is 21.8. The highest BCUT2D eigenvalue weighted by atomic mass is 19.1. The molecule has 2 heterocycles. The minimum absolute atomic E-state index is 0.139. The molecule has 0 aliphatic carbocycles. The van der Waals surface area contributed by atoms with Gasteiger partial charge < -0.3 is 9.47 Å². The van der Waals surface area contributed by atoms with Crippen molar-refractivity contribution in [3.8, 4) is 5.75 Å². The number of rotatable bonds is 8. The van der Waals surface area contributed by atoms with Crippen LogP contribution in [0.5, 0.6) is 5.75 Å². The van der Waals surface area contributed by atoms with E-state index in [4.69, 9.17) is 4.74 Å². The van der Waals surface area contributed by atoms with Crippen molar-refractivity contribution in [2.75, 3.05) is 7.11 Å². The van der Waals surface area contributed by atoms with Crippen LogP contribution in [-0.4, -0.2) is 28.2 Å². The van der Waals surface area contributed by atoms with Crippen molar-refractivity contribution in [3.05, 3.63) is 65.1 Å². The number of carbonyl (C=O) groups is 2. The van der Waals surface area contributed by atoms with Crippen LogP contribution < -0.4 is 4.74 Å². The molecule has 0 fully saturated rings. The molecule has 0 aliphatic heterocycles. The Hall–Kier alpha value is -3.29. The summed E-state index contributed by atoms with van der Waals surface area (Å²) in [5.74, 6) is -1.84. The Morgan fingerprint density at radius 1 is 1.13 bits per heavy atom. The molecule has 6 nitrogen and oxygen atoms in total. The number of ketones is 1. The Labute approximate surface area is 172 Å². The lowest BCUT2D eigenvalue weighted by Crippen LogP contribution is -2.14. The van der Waals surface area contributed by atoms with Crippen molar-refractivity contribution in [1.29, 1.82) is 0 Å². The van der Waals surface area contributed by atoms with Crippen molar-refractivity contribution >= 4 is 17.4 Å². The highest BCUT2D eigenvalue weighted by molar-refractivity contribution is 5.97. The highest BCUT2D eigenvalue weighted by Gasteiger charge is 2.22. The van der Waals surface area contributed by atoms with Gasteiger partial charge in [-0.1, -0.05) is 13.0 Å². The number of fused-ring (bicyclic) bond motifs is 1. The first-order chi connectivity index (χ1) is 14.3. The second-order valence-corrected chi connectivity index (χ2v) is 7.11. The van der Waals surface area contributed by atoms with E-state index < -0.39 is 11.6 Å². The van der Waals surface area contributed by atoms with Crippen LogP contribution >= 0.6 is 0 Å². The Kier molecular flexibility index (Phi) is 6.44. The van der Waals surface area contributed by atoms with Gasteiger partial charge in [0.15, 0.2) is 17.2 Å². The molecule has 3 aromatic rings. The van der Waals surface area contributed by atoms with E-state index in [1.54, 1.807) is 36.6 Å². The molecule has 1 atom stereocenters. The molecule has 3 rings (SSSR count). The summed E-state index contributed by atoms with van der Waals surface area (Å²) < 4.78 is 39.6. The monoisotopic (exact) mass is 416 g/mol. The predicted octanol–water partition coefficient (Wildman–Crippen LogP) is 4.27. The van der Waals surface area contributed by atoms with Gasteiger partial charge in [-0.15, -0.1) is 0 Å². The van der Waals surface area contributed by atoms with Crippen molar-refractivity contribution in [2.45, 2.75) is 33.3 Å². The summed E-state index contributed by atoms with van der Waals surface area (Å²) >= 11 is 0. The molecule has 1 aromatic carbocycles. The number of pyridine rings is 1. The molecule has 2 aromatic heterocycles. The Bertz CT molecular complexity index is 1070. The van der Waals surface area contributed by atoms with Gasteiger partial charge in [-0.2, -0.15) is 0 Å². The minimum Gasteiger partial charge on any atom is -0.485 e. The number of methoxy groups -OCH3 is 1. The first-order valence-corrected chi connectivity index (χ1v) is 9.45. The molecule has 8 heteroatoms. The summed E-state index contributed by atoms with van der Waals surface area (Å²) in [7, 11) is 1.31. The first-order valence-electron chi connectivity index (χ1n) is 9.45. The van der Waals surface area contributed by atoms with E-state index in [9.17, 15) is 18.4 Å². The molecule has 158 valence electrons. The van der Waals surface area contributed by atoms with Crippen LogP contribution in [-0.2, 0) is 16.1 Å². The Morgan fingerprint density at radius 3 is 2.50 bits per heavy atom. The molecule has 1 unspecified atom stereocenters. The van der Waals surface area contributed by atoms with E-state index in [-0.39, 0.29) is 42.7 Å². The molecule has 30 heavy (non-hydrogen) atoms. The quantitative estimate of drug-likeness (QED) is 0.405. The molecule has 0 radical (unpaired) electrons. The number of benzene rings is 1. The molecule has 0 N–H and O–H groups in total.